The molecule has 1 N–H and O–H groups in total. The fourth-order valence-corrected chi connectivity index (χ4v) is 4.44. The second kappa shape index (κ2) is 10.1. The Hall–Kier alpha value is -2.67. The minimum absolute atomic E-state index is 0.110. The van der Waals surface area contributed by atoms with Crippen molar-refractivity contribution < 1.29 is 18.0 Å². The van der Waals surface area contributed by atoms with Crippen molar-refractivity contribution in [3.63, 3.8) is 0 Å². The van der Waals surface area contributed by atoms with Crippen LogP contribution in [0.15, 0.2) is 42.5 Å². The van der Waals surface area contributed by atoms with Crippen molar-refractivity contribution in [2.75, 3.05) is 21.9 Å². The molecule has 7 heteroatoms. The van der Waals surface area contributed by atoms with E-state index in [0.717, 1.165) is 21.1 Å². The lowest BCUT2D eigenvalue weighted by molar-refractivity contribution is -0.114. The lowest BCUT2D eigenvalue weighted by Crippen LogP contribution is -2.39. The SMILES string of the molecule is CCS(=O)(=O)N(CC(=O)Nc1c(C(C)C)cccc1C(C)C)c1ccc(C(C)=O)cc1. The summed E-state index contributed by atoms with van der Waals surface area (Å²) in [5, 5.41) is 2.97. The van der Waals surface area contributed by atoms with E-state index in [2.05, 4.69) is 33.0 Å². The summed E-state index contributed by atoms with van der Waals surface area (Å²) in [6.45, 7) is 10.9. The highest BCUT2D eigenvalue weighted by atomic mass is 32.2. The largest absolute Gasteiger partial charge is 0.324 e. The standard InChI is InChI=1S/C24H32N2O4S/c1-7-31(29,30)26(20-13-11-19(12-14-20)18(6)27)15-23(28)25-24-21(16(2)3)9-8-10-22(24)17(4)5/h8-14,16-17H,7,15H2,1-6H3,(H,25,28). The molecule has 0 bridgehead atoms. The van der Waals surface area contributed by atoms with Crippen molar-refractivity contribution >= 4 is 33.1 Å². The van der Waals surface area contributed by atoms with Gasteiger partial charge in [0.05, 0.1) is 11.4 Å². The number of ketones is 1. The molecule has 2 aromatic rings. The molecule has 6 nitrogen and oxygen atoms in total. The number of rotatable bonds is 9. The average Bonchev–Trinajstić information content (AvgIpc) is 2.71. The minimum Gasteiger partial charge on any atom is -0.324 e. The average molecular weight is 445 g/mol. The Kier molecular flexibility index (Phi) is 8.01. The van der Waals surface area contributed by atoms with Crippen molar-refractivity contribution in [1.82, 2.24) is 0 Å². The monoisotopic (exact) mass is 444 g/mol. The fourth-order valence-electron chi connectivity index (χ4n) is 3.37. The molecule has 0 saturated carbocycles. The van der Waals surface area contributed by atoms with E-state index in [4.69, 9.17) is 0 Å². The highest BCUT2D eigenvalue weighted by molar-refractivity contribution is 7.92. The molecule has 0 heterocycles. The number of carbonyl (C=O) groups excluding carboxylic acids is 2. The van der Waals surface area contributed by atoms with Crippen LogP contribution in [0.3, 0.4) is 0 Å². The molecule has 0 atom stereocenters. The smallest absolute Gasteiger partial charge is 0.245 e. The fraction of sp³-hybridized carbons (Fsp3) is 0.417. The van der Waals surface area contributed by atoms with Gasteiger partial charge in [0, 0.05) is 11.3 Å². The molecule has 2 rings (SSSR count). The number of hydrogen-bond donors (Lipinski definition) is 1. The Morgan fingerprint density at radius 1 is 0.935 bits per heavy atom. The van der Waals surface area contributed by atoms with Crippen molar-refractivity contribution in [1.29, 1.82) is 0 Å². The molecule has 1 amide bonds. The van der Waals surface area contributed by atoms with E-state index < -0.39 is 15.9 Å². The molecule has 0 aliphatic carbocycles. The summed E-state index contributed by atoms with van der Waals surface area (Å²) in [7, 11) is -3.70. The summed E-state index contributed by atoms with van der Waals surface area (Å²) in [6, 6.07) is 12.2. The molecule has 0 spiro atoms. The zero-order valence-electron chi connectivity index (χ0n) is 19.1. The second-order valence-electron chi connectivity index (χ2n) is 8.18. The summed E-state index contributed by atoms with van der Waals surface area (Å²) in [5.74, 6) is -0.273. The van der Waals surface area contributed by atoms with Crippen LogP contribution in [0.1, 0.15) is 74.9 Å². The summed E-state index contributed by atoms with van der Waals surface area (Å²) in [4.78, 5) is 24.6. The number of sulfonamides is 1. The van der Waals surface area contributed by atoms with E-state index in [1.165, 1.54) is 13.8 Å². The Labute approximate surface area is 185 Å². The molecule has 168 valence electrons. The number of amides is 1. The molecule has 0 saturated heterocycles. The molecule has 31 heavy (non-hydrogen) atoms. The van der Waals surface area contributed by atoms with Crippen LogP contribution in [0.2, 0.25) is 0 Å². The number of hydrogen-bond acceptors (Lipinski definition) is 4. The van der Waals surface area contributed by atoms with Gasteiger partial charge in [-0.2, -0.15) is 0 Å². The number of benzene rings is 2. The zero-order valence-corrected chi connectivity index (χ0v) is 19.9. The first-order valence-corrected chi connectivity index (χ1v) is 12.1. The summed E-state index contributed by atoms with van der Waals surface area (Å²) in [6.07, 6.45) is 0. The van der Waals surface area contributed by atoms with Gasteiger partial charge in [0.1, 0.15) is 6.54 Å². The molecular formula is C24H32N2O4S. The highest BCUT2D eigenvalue weighted by Crippen LogP contribution is 2.32. The van der Waals surface area contributed by atoms with Crippen LogP contribution in [-0.2, 0) is 14.8 Å². The Morgan fingerprint density at radius 2 is 1.45 bits per heavy atom. The van der Waals surface area contributed by atoms with Crippen LogP contribution >= 0.6 is 0 Å². The maximum absolute atomic E-state index is 13.0. The van der Waals surface area contributed by atoms with Crippen LogP contribution < -0.4 is 9.62 Å². The highest BCUT2D eigenvalue weighted by Gasteiger charge is 2.25. The second-order valence-corrected chi connectivity index (χ2v) is 10.4. The molecular weight excluding hydrogens is 412 g/mol. The molecule has 0 aromatic heterocycles. The van der Waals surface area contributed by atoms with Crippen LogP contribution in [0.4, 0.5) is 11.4 Å². The van der Waals surface area contributed by atoms with Gasteiger partial charge in [0.2, 0.25) is 15.9 Å². The predicted molar refractivity (Wildman–Crippen MR) is 127 cm³/mol. The van der Waals surface area contributed by atoms with Crippen LogP contribution in [0.5, 0.6) is 0 Å². The van der Waals surface area contributed by atoms with Crippen molar-refractivity contribution in [3.8, 4) is 0 Å². The molecule has 0 radical (unpaired) electrons. The number of nitrogens with zero attached hydrogens (tertiary/aromatic N) is 1. The van der Waals surface area contributed by atoms with Gasteiger partial charge in [-0.3, -0.25) is 13.9 Å². The van der Waals surface area contributed by atoms with Gasteiger partial charge in [-0.15, -0.1) is 0 Å². The van der Waals surface area contributed by atoms with Crippen molar-refractivity contribution in [2.24, 2.45) is 0 Å². The molecule has 2 aromatic carbocycles. The zero-order chi connectivity index (χ0) is 23.3. The topological polar surface area (TPSA) is 83.6 Å². The van der Waals surface area contributed by atoms with E-state index in [-0.39, 0.29) is 29.9 Å². The van der Waals surface area contributed by atoms with Crippen LogP contribution in [0.25, 0.3) is 0 Å². The first-order chi connectivity index (χ1) is 14.5. The molecule has 0 fully saturated rings. The van der Waals surface area contributed by atoms with E-state index in [9.17, 15) is 18.0 Å². The normalized spacial score (nSPS) is 11.6. The maximum atomic E-state index is 13.0. The number of para-hydroxylation sites is 1. The Morgan fingerprint density at radius 3 is 1.87 bits per heavy atom. The van der Waals surface area contributed by atoms with Gasteiger partial charge in [-0.25, -0.2) is 8.42 Å². The lowest BCUT2D eigenvalue weighted by atomic mass is 9.92. The summed E-state index contributed by atoms with van der Waals surface area (Å²) in [5.41, 5.74) is 3.60. The number of carbonyl (C=O) groups is 2. The third-order valence-corrected chi connectivity index (χ3v) is 6.93. The first-order valence-electron chi connectivity index (χ1n) is 10.5. The van der Waals surface area contributed by atoms with Gasteiger partial charge in [-0.05, 0) is 61.1 Å². The summed E-state index contributed by atoms with van der Waals surface area (Å²) >= 11 is 0. The third kappa shape index (κ3) is 5.94. The van der Waals surface area contributed by atoms with Gasteiger partial charge >= 0.3 is 0 Å². The van der Waals surface area contributed by atoms with Crippen molar-refractivity contribution in [3.05, 3.63) is 59.2 Å². The maximum Gasteiger partial charge on any atom is 0.245 e. The van der Waals surface area contributed by atoms with Gasteiger partial charge < -0.3 is 5.32 Å². The quantitative estimate of drug-likeness (QED) is 0.556. The molecule has 0 unspecified atom stereocenters. The Bertz CT molecular complexity index is 1020. The van der Waals surface area contributed by atoms with E-state index in [1.807, 2.05) is 18.2 Å². The Balaban J connectivity index is 2.39. The van der Waals surface area contributed by atoms with Gasteiger partial charge in [0.25, 0.3) is 0 Å². The van der Waals surface area contributed by atoms with Gasteiger partial charge in [-0.1, -0.05) is 45.9 Å². The van der Waals surface area contributed by atoms with E-state index in [1.54, 1.807) is 24.3 Å². The summed E-state index contributed by atoms with van der Waals surface area (Å²) < 4.78 is 26.6. The lowest BCUT2D eigenvalue weighted by Gasteiger charge is -2.25. The number of nitrogens with one attached hydrogen (secondary N) is 1. The van der Waals surface area contributed by atoms with Crippen LogP contribution in [0, 0.1) is 0 Å². The van der Waals surface area contributed by atoms with Crippen molar-refractivity contribution in [2.45, 2.75) is 53.4 Å². The van der Waals surface area contributed by atoms with Crippen LogP contribution in [-0.4, -0.2) is 32.4 Å². The number of anilines is 2. The predicted octanol–water partition coefficient (Wildman–Crippen LogP) is 4.93. The first kappa shape index (κ1) is 24.6. The minimum atomic E-state index is -3.70. The van der Waals surface area contributed by atoms with E-state index >= 15 is 0 Å². The van der Waals surface area contributed by atoms with Gasteiger partial charge in [0.15, 0.2) is 5.78 Å². The number of Topliss-reactive ketones (excluding diaryl/α,β-unsaturated/α-hetero) is 1. The molecule has 0 aliphatic rings. The third-order valence-electron chi connectivity index (χ3n) is 5.19. The molecule has 0 aliphatic heterocycles. The van der Waals surface area contributed by atoms with E-state index in [0.29, 0.717) is 11.3 Å².